The van der Waals surface area contributed by atoms with Crippen molar-refractivity contribution in [1.29, 1.82) is 0 Å². The summed E-state index contributed by atoms with van der Waals surface area (Å²) in [4.78, 5) is 15.7. The summed E-state index contributed by atoms with van der Waals surface area (Å²) in [7, 11) is 0. The van der Waals surface area contributed by atoms with Gasteiger partial charge in [-0.05, 0) is 36.1 Å². The molecule has 6 heteroatoms. The summed E-state index contributed by atoms with van der Waals surface area (Å²) < 4.78 is 1.75. The summed E-state index contributed by atoms with van der Waals surface area (Å²) >= 11 is 6.23. The first-order chi connectivity index (χ1) is 13.7. The van der Waals surface area contributed by atoms with Crippen molar-refractivity contribution in [2.75, 3.05) is 5.32 Å². The Morgan fingerprint density at radius 1 is 1.07 bits per heavy atom. The van der Waals surface area contributed by atoms with Crippen molar-refractivity contribution in [2.24, 2.45) is 0 Å². The van der Waals surface area contributed by atoms with Gasteiger partial charge in [0.2, 0.25) is 5.91 Å². The van der Waals surface area contributed by atoms with Crippen LogP contribution in [0.1, 0.15) is 24.0 Å². The molecule has 0 bridgehead atoms. The minimum absolute atomic E-state index is 0.0132. The smallest absolute Gasteiger partial charge is 0.225 e. The standard InChI is InChI=1S/C22H21ClN4O/c23-19-9-3-1-6-17(19)15-27-21(12-13-25-27)26-22(28)11-5-7-16-14-24-20-10-4-2-8-18(16)20/h1-4,6,8-10,12-14,24H,5,7,11,15H2,(H,26,28). The molecule has 4 rings (SSSR count). The van der Waals surface area contributed by atoms with Crippen molar-refractivity contribution < 1.29 is 4.79 Å². The highest BCUT2D eigenvalue weighted by Crippen LogP contribution is 2.20. The zero-order chi connectivity index (χ0) is 19.3. The van der Waals surface area contributed by atoms with Gasteiger partial charge in [0.1, 0.15) is 5.82 Å². The second-order valence-electron chi connectivity index (χ2n) is 6.73. The molecular formula is C22H21ClN4O. The number of amides is 1. The zero-order valence-electron chi connectivity index (χ0n) is 15.4. The number of aromatic amines is 1. The fraction of sp³-hybridized carbons (Fsp3) is 0.182. The van der Waals surface area contributed by atoms with Crippen LogP contribution < -0.4 is 5.32 Å². The van der Waals surface area contributed by atoms with Crippen LogP contribution in [0.5, 0.6) is 0 Å². The van der Waals surface area contributed by atoms with Gasteiger partial charge in [-0.2, -0.15) is 5.10 Å². The van der Waals surface area contributed by atoms with Crippen molar-refractivity contribution >= 4 is 34.2 Å². The molecule has 0 fully saturated rings. The SMILES string of the molecule is O=C(CCCc1c[nH]c2ccccc12)Nc1ccnn1Cc1ccccc1Cl. The maximum absolute atomic E-state index is 12.4. The first-order valence-electron chi connectivity index (χ1n) is 9.31. The predicted octanol–water partition coefficient (Wildman–Crippen LogP) is 5.03. The van der Waals surface area contributed by atoms with Crippen molar-refractivity contribution in [2.45, 2.75) is 25.8 Å². The highest BCUT2D eigenvalue weighted by Gasteiger charge is 2.10. The largest absolute Gasteiger partial charge is 0.361 e. The number of nitrogens with zero attached hydrogens (tertiary/aromatic N) is 2. The first-order valence-corrected chi connectivity index (χ1v) is 9.68. The molecule has 142 valence electrons. The van der Waals surface area contributed by atoms with E-state index in [1.165, 1.54) is 10.9 Å². The second-order valence-corrected chi connectivity index (χ2v) is 7.13. The third-order valence-corrected chi connectivity index (χ3v) is 5.16. The predicted molar refractivity (Wildman–Crippen MR) is 113 cm³/mol. The quantitative estimate of drug-likeness (QED) is 0.463. The number of halogens is 1. The van der Waals surface area contributed by atoms with Crippen LogP contribution in [0, 0.1) is 0 Å². The Balaban J connectivity index is 1.33. The normalized spacial score (nSPS) is 11.0. The molecule has 0 unspecified atom stereocenters. The molecule has 0 spiro atoms. The van der Waals surface area contributed by atoms with Crippen LogP contribution in [0.15, 0.2) is 67.0 Å². The van der Waals surface area contributed by atoms with E-state index in [1.54, 1.807) is 16.9 Å². The third kappa shape index (κ3) is 4.10. The van der Waals surface area contributed by atoms with Gasteiger partial charge >= 0.3 is 0 Å². The molecule has 0 saturated carbocycles. The summed E-state index contributed by atoms with van der Waals surface area (Å²) in [6.07, 6.45) is 5.80. The van der Waals surface area contributed by atoms with E-state index < -0.39 is 0 Å². The van der Waals surface area contributed by atoms with Crippen LogP contribution in [0.4, 0.5) is 5.82 Å². The molecule has 0 aliphatic rings. The molecule has 4 aromatic rings. The molecule has 2 aromatic heterocycles. The zero-order valence-corrected chi connectivity index (χ0v) is 16.1. The van der Waals surface area contributed by atoms with Crippen molar-refractivity contribution in [3.05, 3.63) is 83.1 Å². The van der Waals surface area contributed by atoms with Crippen LogP contribution in [0.2, 0.25) is 5.02 Å². The fourth-order valence-corrected chi connectivity index (χ4v) is 3.53. The highest BCUT2D eigenvalue weighted by atomic mass is 35.5. The lowest BCUT2D eigenvalue weighted by atomic mass is 10.1. The minimum Gasteiger partial charge on any atom is -0.361 e. The molecule has 2 heterocycles. The number of fused-ring (bicyclic) bond motifs is 1. The van der Waals surface area contributed by atoms with Gasteiger partial charge in [0, 0.05) is 34.6 Å². The number of para-hydroxylation sites is 1. The van der Waals surface area contributed by atoms with Gasteiger partial charge < -0.3 is 10.3 Å². The number of rotatable bonds is 7. The van der Waals surface area contributed by atoms with Crippen LogP contribution >= 0.6 is 11.6 Å². The molecule has 0 saturated heterocycles. The lowest BCUT2D eigenvalue weighted by Gasteiger charge is -2.10. The maximum Gasteiger partial charge on any atom is 0.225 e. The molecule has 0 aliphatic heterocycles. The molecule has 0 aliphatic carbocycles. The molecular weight excluding hydrogens is 372 g/mol. The molecule has 2 aromatic carbocycles. The fourth-order valence-electron chi connectivity index (χ4n) is 3.34. The Bertz CT molecular complexity index is 1100. The van der Waals surface area contributed by atoms with E-state index in [-0.39, 0.29) is 5.91 Å². The summed E-state index contributed by atoms with van der Waals surface area (Å²) in [6.45, 7) is 0.512. The molecule has 0 radical (unpaired) electrons. The van der Waals surface area contributed by atoms with Crippen LogP contribution in [0.25, 0.3) is 10.9 Å². The average molecular weight is 393 g/mol. The van der Waals surface area contributed by atoms with Crippen molar-refractivity contribution in [3.63, 3.8) is 0 Å². The number of hydrogen-bond acceptors (Lipinski definition) is 2. The lowest BCUT2D eigenvalue weighted by molar-refractivity contribution is -0.116. The van der Waals surface area contributed by atoms with Gasteiger partial charge in [-0.1, -0.05) is 48.0 Å². The van der Waals surface area contributed by atoms with Crippen LogP contribution in [-0.2, 0) is 17.8 Å². The molecule has 28 heavy (non-hydrogen) atoms. The third-order valence-electron chi connectivity index (χ3n) is 4.79. The summed E-state index contributed by atoms with van der Waals surface area (Å²) in [6, 6.07) is 17.7. The molecule has 1 amide bonds. The molecule has 0 atom stereocenters. The van der Waals surface area contributed by atoms with Gasteiger partial charge in [-0.3, -0.25) is 4.79 Å². The van der Waals surface area contributed by atoms with Crippen molar-refractivity contribution in [3.8, 4) is 0 Å². The number of aromatic nitrogens is 3. The Morgan fingerprint density at radius 2 is 1.89 bits per heavy atom. The number of aryl methyl sites for hydroxylation is 1. The summed E-state index contributed by atoms with van der Waals surface area (Å²) in [5.74, 6) is 0.665. The Morgan fingerprint density at radius 3 is 2.79 bits per heavy atom. The summed E-state index contributed by atoms with van der Waals surface area (Å²) in [5.41, 5.74) is 3.33. The number of carbonyl (C=O) groups is 1. The van der Waals surface area contributed by atoms with E-state index in [2.05, 4.69) is 27.5 Å². The highest BCUT2D eigenvalue weighted by molar-refractivity contribution is 6.31. The van der Waals surface area contributed by atoms with Gasteiger partial charge in [0.05, 0.1) is 12.7 Å². The average Bonchev–Trinajstić information content (AvgIpc) is 3.31. The van der Waals surface area contributed by atoms with E-state index in [1.807, 2.05) is 42.6 Å². The Kier molecular flexibility index (Phi) is 5.44. The topological polar surface area (TPSA) is 62.7 Å². The molecule has 5 nitrogen and oxygen atoms in total. The van der Waals surface area contributed by atoms with E-state index in [0.717, 1.165) is 23.9 Å². The summed E-state index contributed by atoms with van der Waals surface area (Å²) in [5, 5.41) is 9.17. The number of benzene rings is 2. The number of anilines is 1. The Labute approximate surface area is 168 Å². The van der Waals surface area contributed by atoms with E-state index in [0.29, 0.717) is 23.8 Å². The van der Waals surface area contributed by atoms with E-state index >= 15 is 0 Å². The monoisotopic (exact) mass is 392 g/mol. The van der Waals surface area contributed by atoms with Gasteiger partial charge in [-0.15, -0.1) is 0 Å². The first kappa shape index (κ1) is 18.3. The van der Waals surface area contributed by atoms with Crippen LogP contribution in [-0.4, -0.2) is 20.7 Å². The molecule has 2 N–H and O–H groups in total. The number of H-pyrrole nitrogens is 1. The van der Waals surface area contributed by atoms with Gasteiger partial charge in [0.25, 0.3) is 0 Å². The van der Waals surface area contributed by atoms with E-state index in [9.17, 15) is 4.79 Å². The van der Waals surface area contributed by atoms with E-state index in [4.69, 9.17) is 11.6 Å². The van der Waals surface area contributed by atoms with Crippen LogP contribution in [0.3, 0.4) is 0 Å². The number of nitrogens with one attached hydrogen (secondary N) is 2. The lowest BCUT2D eigenvalue weighted by Crippen LogP contribution is -2.16. The number of hydrogen-bond donors (Lipinski definition) is 2. The van der Waals surface area contributed by atoms with Crippen molar-refractivity contribution in [1.82, 2.24) is 14.8 Å². The Hall–Kier alpha value is -3.05. The second kappa shape index (κ2) is 8.31. The minimum atomic E-state index is -0.0132. The maximum atomic E-state index is 12.4. The number of carbonyl (C=O) groups excluding carboxylic acids is 1. The van der Waals surface area contributed by atoms with Gasteiger partial charge in [-0.25, -0.2) is 4.68 Å². The van der Waals surface area contributed by atoms with Gasteiger partial charge in [0.15, 0.2) is 0 Å².